The fourth-order valence-electron chi connectivity index (χ4n) is 3.79. The van der Waals surface area contributed by atoms with Crippen molar-refractivity contribution in [2.75, 3.05) is 26.7 Å². The molecule has 9 heteroatoms. The van der Waals surface area contributed by atoms with Gasteiger partial charge in [0.1, 0.15) is 16.7 Å². The van der Waals surface area contributed by atoms with Crippen LogP contribution in [0.2, 0.25) is 0 Å². The molecule has 0 bridgehead atoms. The van der Waals surface area contributed by atoms with E-state index < -0.39 is 22.2 Å². The van der Waals surface area contributed by atoms with Gasteiger partial charge in [-0.2, -0.15) is 9.57 Å². The van der Waals surface area contributed by atoms with Crippen LogP contribution in [0.1, 0.15) is 26.3 Å². The van der Waals surface area contributed by atoms with Crippen LogP contribution in [0.5, 0.6) is 5.75 Å². The Morgan fingerprint density at radius 2 is 2.00 bits per heavy atom. The molecule has 0 saturated heterocycles. The highest BCUT2D eigenvalue weighted by Gasteiger charge is 2.38. The number of aliphatic hydroxyl groups is 1. The van der Waals surface area contributed by atoms with E-state index in [1.54, 1.807) is 44.3 Å². The first kappa shape index (κ1) is 24.7. The fourth-order valence-corrected chi connectivity index (χ4v) is 5.62. The highest BCUT2D eigenvalue weighted by Crippen LogP contribution is 2.36. The second-order valence-corrected chi connectivity index (χ2v) is 10.4. The molecule has 0 radical (unpaired) electrons. The molecule has 8 nitrogen and oxygen atoms in total. The highest BCUT2D eigenvalue weighted by atomic mass is 32.2. The summed E-state index contributed by atoms with van der Waals surface area (Å²) in [6.07, 6.45) is -0.470. The first-order valence-corrected chi connectivity index (χ1v) is 12.2. The molecule has 2 aromatic carbocycles. The van der Waals surface area contributed by atoms with E-state index in [1.165, 1.54) is 22.2 Å². The summed E-state index contributed by atoms with van der Waals surface area (Å²) in [7, 11) is -2.28. The molecule has 1 amide bonds. The lowest BCUT2D eigenvalue weighted by molar-refractivity contribution is -0.129. The topological polar surface area (TPSA) is 111 Å². The summed E-state index contributed by atoms with van der Waals surface area (Å²) >= 11 is 0. The molecule has 0 aromatic heterocycles. The third-order valence-electron chi connectivity index (χ3n) is 5.98. The first-order chi connectivity index (χ1) is 15.6. The molecule has 1 N–H and O–H groups in total. The second kappa shape index (κ2) is 9.91. The van der Waals surface area contributed by atoms with Crippen LogP contribution in [0.3, 0.4) is 0 Å². The molecule has 176 valence electrons. The Morgan fingerprint density at radius 3 is 2.64 bits per heavy atom. The highest BCUT2D eigenvalue weighted by molar-refractivity contribution is 7.89. The monoisotopic (exact) mass is 471 g/mol. The molecule has 3 rings (SSSR count). The number of benzene rings is 2. The van der Waals surface area contributed by atoms with E-state index in [9.17, 15) is 23.6 Å². The number of hydrogen-bond donors (Lipinski definition) is 1. The number of rotatable bonds is 5. The standard InChI is InChI=1S/C24H29N3O5S/c1-16-13-27(17(2)15-28)33(30,31)24-9-8-21(20-7-5-6-19(10-20)12-25)11-22(24)32-23(16)14-26(4)18(3)29/h5-11,16-17,23,28H,13-15H2,1-4H3/t16-,17-,23+/m1/s1. The lowest BCUT2D eigenvalue weighted by Crippen LogP contribution is -2.50. The van der Waals surface area contributed by atoms with Gasteiger partial charge in [-0.1, -0.05) is 25.1 Å². The largest absolute Gasteiger partial charge is 0.487 e. The van der Waals surface area contributed by atoms with Gasteiger partial charge in [0.05, 0.1) is 24.8 Å². The van der Waals surface area contributed by atoms with Crippen molar-refractivity contribution in [3.05, 3.63) is 48.0 Å². The Bertz CT molecular complexity index is 1170. The number of carbonyl (C=O) groups is 1. The van der Waals surface area contributed by atoms with Crippen molar-refractivity contribution >= 4 is 15.9 Å². The van der Waals surface area contributed by atoms with Crippen molar-refractivity contribution in [2.45, 2.75) is 37.8 Å². The molecular formula is C24H29N3O5S. The molecular weight excluding hydrogens is 442 g/mol. The van der Waals surface area contributed by atoms with Gasteiger partial charge in [0.2, 0.25) is 15.9 Å². The van der Waals surface area contributed by atoms with Gasteiger partial charge in [-0.3, -0.25) is 4.79 Å². The average molecular weight is 472 g/mol. The lowest BCUT2D eigenvalue weighted by Gasteiger charge is -2.37. The first-order valence-electron chi connectivity index (χ1n) is 10.7. The molecule has 2 aromatic rings. The minimum Gasteiger partial charge on any atom is -0.487 e. The van der Waals surface area contributed by atoms with Crippen molar-refractivity contribution in [3.63, 3.8) is 0 Å². The fraction of sp³-hybridized carbons (Fsp3) is 0.417. The molecule has 0 fully saturated rings. The zero-order chi connectivity index (χ0) is 24.3. The minimum atomic E-state index is -3.95. The summed E-state index contributed by atoms with van der Waals surface area (Å²) in [6.45, 7) is 5.10. The summed E-state index contributed by atoms with van der Waals surface area (Å²) in [5.41, 5.74) is 1.95. The van der Waals surface area contributed by atoms with Gasteiger partial charge in [-0.15, -0.1) is 0 Å². The third kappa shape index (κ3) is 5.19. The third-order valence-corrected chi connectivity index (χ3v) is 8.00. The van der Waals surface area contributed by atoms with Crippen molar-refractivity contribution in [1.29, 1.82) is 5.26 Å². The van der Waals surface area contributed by atoms with E-state index in [1.807, 2.05) is 13.0 Å². The quantitative estimate of drug-likeness (QED) is 0.717. The smallest absolute Gasteiger partial charge is 0.247 e. The van der Waals surface area contributed by atoms with Gasteiger partial charge >= 0.3 is 0 Å². The van der Waals surface area contributed by atoms with Crippen molar-refractivity contribution in [1.82, 2.24) is 9.21 Å². The number of amides is 1. The van der Waals surface area contributed by atoms with E-state index in [0.717, 1.165) is 5.56 Å². The number of nitrogens with zero attached hydrogens (tertiary/aromatic N) is 3. The molecule has 1 heterocycles. The van der Waals surface area contributed by atoms with E-state index in [2.05, 4.69) is 6.07 Å². The number of ether oxygens (including phenoxy) is 1. The second-order valence-electron chi connectivity index (χ2n) is 8.49. The summed E-state index contributed by atoms with van der Waals surface area (Å²) < 4.78 is 34.6. The number of nitriles is 1. The number of carbonyl (C=O) groups excluding carboxylic acids is 1. The van der Waals surface area contributed by atoms with Crippen LogP contribution >= 0.6 is 0 Å². The van der Waals surface area contributed by atoms with Crippen LogP contribution in [0.4, 0.5) is 0 Å². The number of likely N-dealkylation sites (N-methyl/N-ethyl adjacent to an activating group) is 1. The van der Waals surface area contributed by atoms with Gasteiger partial charge in [-0.25, -0.2) is 8.42 Å². The molecule has 0 aliphatic carbocycles. The Balaban J connectivity index is 2.15. The summed E-state index contributed by atoms with van der Waals surface area (Å²) in [4.78, 5) is 13.4. The zero-order valence-corrected chi connectivity index (χ0v) is 20.0. The predicted octanol–water partition coefficient (Wildman–Crippen LogP) is 2.47. The van der Waals surface area contributed by atoms with E-state index in [4.69, 9.17) is 4.74 Å². The van der Waals surface area contributed by atoms with Crippen molar-refractivity contribution < 1.29 is 23.1 Å². The van der Waals surface area contributed by atoms with E-state index in [-0.39, 0.29) is 42.2 Å². The summed E-state index contributed by atoms with van der Waals surface area (Å²) in [5, 5.41) is 18.9. The maximum absolute atomic E-state index is 13.5. The van der Waals surface area contributed by atoms with Gasteiger partial charge in [0, 0.05) is 32.5 Å². The van der Waals surface area contributed by atoms with Gasteiger partial charge < -0.3 is 14.7 Å². The maximum Gasteiger partial charge on any atom is 0.247 e. The Kier molecular flexibility index (Phi) is 7.42. The normalized spacial score (nSPS) is 21.0. The molecule has 1 aliphatic rings. The van der Waals surface area contributed by atoms with Crippen LogP contribution in [0.15, 0.2) is 47.4 Å². The number of fused-ring (bicyclic) bond motifs is 1. The molecule has 0 unspecified atom stereocenters. The lowest BCUT2D eigenvalue weighted by atomic mass is 10.0. The predicted molar refractivity (Wildman–Crippen MR) is 124 cm³/mol. The van der Waals surface area contributed by atoms with Gasteiger partial charge in [-0.05, 0) is 42.3 Å². The Labute approximate surface area is 195 Å². The van der Waals surface area contributed by atoms with E-state index >= 15 is 0 Å². The maximum atomic E-state index is 13.5. The minimum absolute atomic E-state index is 0.00497. The zero-order valence-electron chi connectivity index (χ0n) is 19.2. The van der Waals surface area contributed by atoms with Crippen LogP contribution in [-0.2, 0) is 14.8 Å². The number of sulfonamides is 1. The Hall–Kier alpha value is -2.93. The van der Waals surface area contributed by atoms with Crippen molar-refractivity contribution in [2.24, 2.45) is 5.92 Å². The van der Waals surface area contributed by atoms with Crippen LogP contribution < -0.4 is 4.74 Å². The number of hydrogen-bond acceptors (Lipinski definition) is 6. The molecule has 33 heavy (non-hydrogen) atoms. The van der Waals surface area contributed by atoms with Crippen LogP contribution in [0, 0.1) is 17.2 Å². The SMILES string of the molecule is CC(=O)N(C)C[C@@H]1Oc2cc(-c3cccc(C#N)c3)ccc2S(=O)(=O)N([C@H](C)CO)C[C@H]1C. The molecule has 0 saturated carbocycles. The van der Waals surface area contributed by atoms with E-state index in [0.29, 0.717) is 11.1 Å². The summed E-state index contributed by atoms with van der Waals surface area (Å²) in [5.74, 6) is -0.198. The van der Waals surface area contributed by atoms with Crippen LogP contribution in [0.25, 0.3) is 11.1 Å². The molecule has 3 atom stereocenters. The average Bonchev–Trinajstić information content (AvgIpc) is 2.80. The molecule has 1 aliphatic heterocycles. The van der Waals surface area contributed by atoms with Gasteiger partial charge in [0.25, 0.3) is 0 Å². The molecule has 0 spiro atoms. The summed E-state index contributed by atoms with van der Waals surface area (Å²) in [6, 6.07) is 13.3. The Morgan fingerprint density at radius 1 is 1.30 bits per heavy atom. The van der Waals surface area contributed by atoms with Gasteiger partial charge in [0.15, 0.2) is 0 Å². The van der Waals surface area contributed by atoms with Crippen molar-refractivity contribution in [3.8, 4) is 22.9 Å². The number of aliphatic hydroxyl groups excluding tert-OH is 1. The van der Waals surface area contributed by atoms with Crippen LogP contribution in [-0.4, -0.2) is 67.5 Å².